The molecular weight excluding hydrogens is 317 g/mol. The van der Waals surface area contributed by atoms with Gasteiger partial charge in [0.25, 0.3) is 0 Å². The highest BCUT2D eigenvalue weighted by Crippen LogP contribution is 2.32. The van der Waals surface area contributed by atoms with Crippen LogP contribution in [0.2, 0.25) is 0 Å². The van der Waals surface area contributed by atoms with E-state index in [9.17, 15) is 26.4 Å². The highest BCUT2D eigenvalue weighted by molar-refractivity contribution is 7.90. The minimum atomic E-state index is -5.05. The molecule has 0 bridgehead atoms. The minimum absolute atomic E-state index is 0.402. The quantitative estimate of drug-likeness (QED) is 0.854. The van der Waals surface area contributed by atoms with Crippen molar-refractivity contribution in [1.82, 2.24) is 4.31 Å². The number of benzene rings is 1. The molecule has 0 aliphatic rings. The van der Waals surface area contributed by atoms with Crippen molar-refractivity contribution in [1.29, 1.82) is 0 Å². The van der Waals surface area contributed by atoms with Crippen molar-refractivity contribution in [3.63, 3.8) is 0 Å². The molecule has 0 saturated heterocycles. The SMILES string of the molecule is CN(C)S(=O)(=O)Nc1cc(C(=O)O)ccc1OC(F)(F)F. The fourth-order valence-electron chi connectivity index (χ4n) is 1.19. The van der Waals surface area contributed by atoms with Crippen molar-refractivity contribution in [2.45, 2.75) is 6.36 Å². The molecule has 0 saturated carbocycles. The molecule has 7 nitrogen and oxygen atoms in total. The van der Waals surface area contributed by atoms with Gasteiger partial charge in [-0.3, -0.25) is 4.72 Å². The van der Waals surface area contributed by atoms with E-state index in [1.807, 2.05) is 4.72 Å². The summed E-state index contributed by atoms with van der Waals surface area (Å²) in [7, 11) is -1.84. The third kappa shape index (κ3) is 4.79. The molecule has 21 heavy (non-hydrogen) atoms. The zero-order valence-electron chi connectivity index (χ0n) is 10.8. The molecule has 0 aliphatic heterocycles. The van der Waals surface area contributed by atoms with Crippen molar-refractivity contribution in [2.24, 2.45) is 0 Å². The van der Waals surface area contributed by atoms with Gasteiger partial charge in [0.15, 0.2) is 5.75 Å². The standard InChI is InChI=1S/C10H11F3N2O5S/c1-15(2)21(18,19)14-7-5-6(9(16)17)3-4-8(7)20-10(11,12)13/h3-5,14H,1-2H3,(H,16,17). The van der Waals surface area contributed by atoms with Gasteiger partial charge < -0.3 is 9.84 Å². The number of carboxylic acids is 1. The highest BCUT2D eigenvalue weighted by atomic mass is 32.2. The van der Waals surface area contributed by atoms with Crippen LogP contribution in [0.1, 0.15) is 10.4 Å². The maximum absolute atomic E-state index is 12.2. The summed E-state index contributed by atoms with van der Waals surface area (Å²) in [5.74, 6) is -2.29. The summed E-state index contributed by atoms with van der Waals surface area (Å²) in [5, 5.41) is 8.79. The Hall–Kier alpha value is -2.01. The van der Waals surface area contributed by atoms with E-state index in [2.05, 4.69) is 4.74 Å². The number of anilines is 1. The van der Waals surface area contributed by atoms with Crippen LogP contribution < -0.4 is 9.46 Å². The largest absolute Gasteiger partial charge is 0.573 e. The predicted molar refractivity (Wildman–Crippen MR) is 66.3 cm³/mol. The molecule has 0 heterocycles. The Morgan fingerprint density at radius 2 is 1.90 bits per heavy atom. The van der Waals surface area contributed by atoms with Crippen LogP contribution in [0, 0.1) is 0 Å². The molecule has 1 aromatic carbocycles. The summed E-state index contributed by atoms with van der Waals surface area (Å²) in [6.07, 6.45) is -5.05. The first-order valence-corrected chi connectivity index (χ1v) is 6.70. The van der Waals surface area contributed by atoms with E-state index in [1.165, 1.54) is 0 Å². The Morgan fingerprint density at radius 1 is 1.33 bits per heavy atom. The lowest BCUT2D eigenvalue weighted by Crippen LogP contribution is -2.29. The van der Waals surface area contributed by atoms with Crippen molar-refractivity contribution in [3.8, 4) is 5.75 Å². The second-order valence-electron chi connectivity index (χ2n) is 3.95. The molecule has 0 spiro atoms. The highest BCUT2D eigenvalue weighted by Gasteiger charge is 2.33. The molecule has 0 fully saturated rings. The summed E-state index contributed by atoms with van der Waals surface area (Å²) >= 11 is 0. The zero-order chi connectivity index (χ0) is 16.4. The molecule has 1 rings (SSSR count). The van der Waals surface area contributed by atoms with Gasteiger partial charge in [-0.05, 0) is 18.2 Å². The minimum Gasteiger partial charge on any atom is -0.478 e. The molecule has 118 valence electrons. The van der Waals surface area contributed by atoms with Crippen molar-refractivity contribution >= 4 is 21.9 Å². The summed E-state index contributed by atoms with van der Waals surface area (Å²) in [4.78, 5) is 10.8. The number of hydrogen-bond acceptors (Lipinski definition) is 4. The summed E-state index contributed by atoms with van der Waals surface area (Å²) in [6, 6.07) is 2.30. The molecule has 11 heteroatoms. The molecule has 0 aromatic heterocycles. The lowest BCUT2D eigenvalue weighted by atomic mass is 10.2. The lowest BCUT2D eigenvalue weighted by Gasteiger charge is -2.17. The van der Waals surface area contributed by atoms with E-state index in [0.29, 0.717) is 10.4 Å². The Morgan fingerprint density at radius 3 is 2.33 bits per heavy atom. The van der Waals surface area contributed by atoms with E-state index in [4.69, 9.17) is 5.11 Å². The van der Waals surface area contributed by atoms with E-state index >= 15 is 0 Å². The average molecular weight is 328 g/mol. The molecule has 0 unspecified atom stereocenters. The molecule has 0 aliphatic carbocycles. The maximum Gasteiger partial charge on any atom is 0.573 e. The average Bonchev–Trinajstić information content (AvgIpc) is 2.28. The van der Waals surface area contributed by atoms with Gasteiger partial charge in [0, 0.05) is 14.1 Å². The zero-order valence-corrected chi connectivity index (χ0v) is 11.6. The van der Waals surface area contributed by atoms with Crippen LogP contribution in [0.3, 0.4) is 0 Å². The fraction of sp³-hybridized carbons (Fsp3) is 0.300. The third-order valence-electron chi connectivity index (χ3n) is 2.17. The van der Waals surface area contributed by atoms with Crippen molar-refractivity contribution < 1.29 is 36.2 Å². The Kier molecular flexibility index (Phi) is 4.69. The van der Waals surface area contributed by atoms with E-state index in [0.717, 1.165) is 26.2 Å². The first kappa shape index (κ1) is 17.0. The van der Waals surface area contributed by atoms with Crippen LogP contribution in [0.15, 0.2) is 18.2 Å². The van der Waals surface area contributed by atoms with E-state index in [-0.39, 0.29) is 0 Å². The fourth-order valence-corrected chi connectivity index (χ4v) is 1.81. The van der Waals surface area contributed by atoms with E-state index < -0.39 is 39.5 Å². The number of rotatable bonds is 5. The Labute approximate surface area is 118 Å². The van der Waals surface area contributed by atoms with Crippen LogP contribution in [-0.2, 0) is 10.2 Å². The maximum atomic E-state index is 12.2. The van der Waals surface area contributed by atoms with Gasteiger partial charge in [0.2, 0.25) is 0 Å². The molecule has 1 aromatic rings. The van der Waals surface area contributed by atoms with Gasteiger partial charge in [0.1, 0.15) is 0 Å². The van der Waals surface area contributed by atoms with Gasteiger partial charge in [0.05, 0.1) is 11.3 Å². The number of ether oxygens (including phenoxy) is 1. The molecule has 2 N–H and O–H groups in total. The van der Waals surface area contributed by atoms with Gasteiger partial charge >= 0.3 is 22.5 Å². The van der Waals surface area contributed by atoms with Crippen molar-refractivity contribution in [2.75, 3.05) is 18.8 Å². The van der Waals surface area contributed by atoms with Crippen LogP contribution >= 0.6 is 0 Å². The number of aromatic carboxylic acids is 1. The first-order valence-electron chi connectivity index (χ1n) is 5.26. The Balaban J connectivity index is 3.30. The van der Waals surface area contributed by atoms with Gasteiger partial charge in [-0.15, -0.1) is 13.2 Å². The predicted octanol–water partition coefficient (Wildman–Crippen LogP) is 1.50. The van der Waals surface area contributed by atoms with E-state index in [1.54, 1.807) is 0 Å². The third-order valence-corrected chi connectivity index (χ3v) is 3.61. The van der Waals surface area contributed by atoms with Crippen LogP contribution in [-0.4, -0.2) is 44.3 Å². The first-order chi connectivity index (χ1) is 9.42. The van der Waals surface area contributed by atoms with Gasteiger partial charge in [-0.1, -0.05) is 0 Å². The Bertz CT molecular complexity index is 643. The molecule has 0 atom stereocenters. The van der Waals surface area contributed by atoms with Gasteiger partial charge in [-0.2, -0.15) is 12.7 Å². The van der Waals surface area contributed by atoms with Crippen molar-refractivity contribution in [3.05, 3.63) is 23.8 Å². The number of carboxylic acid groups (broad SMARTS) is 1. The van der Waals surface area contributed by atoms with Crippen LogP contribution in [0.25, 0.3) is 0 Å². The smallest absolute Gasteiger partial charge is 0.478 e. The number of alkyl halides is 3. The summed E-state index contributed by atoms with van der Waals surface area (Å²) < 4.78 is 66.2. The second kappa shape index (κ2) is 5.77. The second-order valence-corrected chi connectivity index (χ2v) is 5.84. The van der Waals surface area contributed by atoms with Crippen LogP contribution in [0.5, 0.6) is 5.75 Å². The van der Waals surface area contributed by atoms with Crippen LogP contribution in [0.4, 0.5) is 18.9 Å². The lowest BCUT2D eigenvalue weighted by molar-refractivity contribution is -0.274. The normalized spacial score (nSPS) is 12.3. The van der Waals surface area contributed by atoms with Gasteiger partial charge in [-0.25, -0.2) is 4.79 Å². The number of carbonyl (C=O) groups is 1. The topological polar surface area (TPSA) is 95.9 Å². The summed E-state index contributed by atoms with van der Waals surface area (Å²) in [6.45, 7) is 0. The summed E-state index contributed by atoms with van der Waals surface area (Å²) in [5.41, 5.74) is -1.04. The number of hydrogen-bond donors (Lipinski definition) is 2. The number of halogens is 3. The number of nitrogens with one attached hydrogen (secondary N) is 1. The molecular formula is C10H11F3N2O5S. The molecule has 0 amide bonds. The molecule has 0 radical (unpaired) electrons. The number of nitrogens with zero attached hydrogens (tertiary/aromatic N) is 1. The monoisotopic (exact) mass is 328 g/mol.